The van der Waals surface area contributed by atoms with E-state index in [1.165, 1.54) is 6.92 Å². The Bertz CT molecular complexity index is 491. The fourth-order valence-electron chi connectivity index (χ4n) is 2.06. The van der Waals surface area contributed by atoms with E-state index in [1.54, 1.807) is 26.2 Å². The molecule has 0 aliphatic heterocycles. The summed E-state index contributed by atoms with van der Waals surface area (Å²) in [6.45, 7) is 5.19. The minimum Gasteiger partial charge on any atom is -0.496 e. The molecule has 0 fully saturated rings. The molecule has 20 heavy (non-hydrogen) atoms. The number of hydrogen-bond donors (Lipinski definition) is 0. The second kappa shape index (κ2) is 7.68. The fraction of sp³-hybridized carbons (Fsp3) is 0.500. The van der Waals surface area contributed by atoms with E-state index in [0.717, 1.165) is 19.3 Å². The van der Waals surface area contributed by atoms with E-state index < -0.39 is 5.97 Å². The lowest BCUT2D eigenvalue weighted by molar-refractivity contribution is -0.131. The zero-order valence-corrected chi connectivity index (χ0v) is 12.6. The quantitative estimate of drug-likeness (QED) is 0.330. The molecule has 0 aromatic heterocycles. The molecule has 0 atom stereocenters. The highest BCUT2D eigenvalue weighted by molar-refractivity contribution is 6.00. The minimum atomic E-state index is -0.441. The Labute approximate surface area is 120 Å². The van der Waals surface area contributed by atoms with Crippen molar-refractivity contribution >= 4 is 11.8 Å². The average molecular weight is 278 g/mol. The number of esters is 1. The monoisotopic (exact) mass is 278 g/mol. The third kappa shape index (κ3) is 4.08. The minimum absolute atomic E-state index is 0.000420. The van der Waals surface area contributed by atoms with Crippen molar-refractivity contribution in [2.75, 3.05) is 7.11 Å². The van der Waals surface area contributed by atoms with Crippen LogP contribution in [0.25, 0.3) is 0 Å². The van der Waals surface area contributed by atoms with Crippen LogP contribution >= 0.6 is 0 Å². The van der Waals surface area contributed by atoms with Gasteiger partial charge < -0.3 is 9.47 Å². The Morgan fingerprint density at radius 3 is 2.45 bits per heavy atom. The Balaban J connectivity index is 3.07. The number of ketones is 1. The van der Waals surface area contributed by atoms with Gasteiger partial charge >= 0.3 is 5.97 Å². The summed E-state index contributed by atoms with van der Waals surface area (Å²) in [7, 11) is 1.54. The molecule has 0 spiro atoms. The standard InChI is InChI=1S/C16H22O4/c1-5-6-7-8-14(18)13-9-10-15(19-4)11(2)16(13)20-12(3)17/h9-10H,5-8H2,1-4H3. The van der Waals surface area contributed by atoms with E-state index in [2.05, 4.69) is 6.92 Å². The van der Waals surface area contributed by atoms with Gasteiger partial charge in [0.1, 0.15) is 11.5 Å². The molecule has 4 heteroatoms. The van der Waals surface area contributed by atoms with Gasteiger partial charge in [0.2, 0.25) is 0 Å². The van der Waals surface area contributed by atoms with Crippen LogP contribution in [0.4, 0.5) is 0 Å². The molecule has 0 unspecified atom stereocenters. The van der Waals surface area contributed by atoms with Crippen molar-refractivity contribution in [3.05, 3.63) is 23.3 Å². The maximum atomic E-state index is 12.2. The molecule has 110 valence electrons. The van der Waals surface area contributed by atoms with E-state index in [1.807, 2.05) is 0 Å². The molecule has 0 aliphatic rings. The van der Waals surface area contributed by atoms with Crippen molar-refractivity contribution in [1.29, 1.82) is 0 Å². The Kier molecular flexibility index (Phi) is 6.22. The molecular formula is C16H22O4. The highest BCUT2D eigenvalue weighted by Crippen LogP contribution is 2.32. The summed E-state index contributed by atoms with van der Waals surface area (Å²) in [5.74, 6) is 0.481. The highest BCUT2D eigenvalue weighted by Gasteiger charge is 2.18. The molecule has 0 radical (unpaired) electrons. The smallest absolute Gasteiger partial charge is 0.308 e. The first kappa shape index (κ1) is 16.2. The predicted molar refractivity (Wildman–Crippen MR) is 77.5 cm³/mol. The van der Waals surface area contributed by atoms with Crippen molar-refractivity contribution in [3.8, 4) is 11.5 Å². The van der Waals surface area contributed by atoms with Gasteiger partial charge in [0.25, 0.3) is 0 Å². The Morgan fingerprint density at radius 1 is 1.20 bits per heavy atom. The number of rotatable bonds is 7. The number of benzene rings is 1. The van der Waals surface area contributed by atoms with Gasteiger partial charge in [-0.15, -0.1) is 0 Å². The van der Waals surface area contributed by atoms with Gasteiger partial charge in [-0.05, 0) is 25.5 Å². The van der Waals surface area contributed by atoms with Gasteiger partial charge in [0, 0.05) is 18.9 Å². The zero-order valence-electron chi connectivity index (χ0n) is 12.6. The molecule has 0 aliphatic carbocycles. The largest absolute Gasteiger partial charge is 0.496 e. The SMILES string of the molecule is CCCCCC(=O)c1ccc(OC)c(C)c1OC(C)=O. The second-order valence-corrected chi connectivity index (χ2v) is 4.74. The number of carbonyl (C=O) groups excluding carboxylic acids is 2. The fourth-order valence-corrected chi connectivity index (χ4v) is 2.06. The van der Waals surface area contributed by atoms with E-state index in [4.69, 9.17) is 9.47 Å². The molecule has 0 amide bonds. The first-order chi connectivity index (χ1) is 9.51. The van der Waals surface area contributed by atoms with Crippen LogP contribution in [0.5, 0.6) is 11.5 Å². The second-order valence-electron chi connectivity index (χ2n) is 4.74. The lowest BCUT2D eigenvalue weighted by Crippen LogP contribution is -2.10. The zero-order chi connectivity index (χ0) is 15.1. The molecule has 0 bridgehead atoms. The van der Waals surface area contributed by atoms with Gasteiger partial charge in [0.15, 0.2) is 5.78 Å². The summed E-state index contributed by atoms with van der Waals surface area (Å²) >= 11 is 0. The first-order valence-electron chi connectivity index (χ1n) is 6.90. The highest BCUT2D eigenvalue weighted by atomic mass is 16.5. The van der Waals surface area contributed by atoms with Gasteiger partial charge in [-0.2, -0.15) is 0 Å². The van der Waals surface area contributed by atoms with Crippen molar-refractivity contribution in [2.24, 2.45) is 0 Å². The van der Waals surface area contributed by atoms with Crippen LogP contribution in [-0.2, 0) is 4.79 Å². The van der Waals surface area contributed by atoms with Crippen molar-refractivity contribution in [3.63, 3.8) is 0 Å². The van der Waals surface area contributed by atoms with Crippen LogP contribution in [-0.4, -0.2) is 18.9 Å². The van der Waals surface area contributed by atoms with Crippen molar-refractivity contribution in [2.45, 2.75) is 46.5 Å². The summed E-state index contributed by atoms with van der Waals surface area (Å²) in [5.41, 5.74) is 1.12. The van der Waals surface area contributed by atoms with Gasteiger partial charge in [-0.1, -0.05) is 19.8 Å². The number of hydrogen-bond acceptors (Lipinski definition) is 4. The summed E-state index contributed by atoms with van der Waals surface area (Å²) in [6.07, 6.45) is 3.39. The van der Waals surface area contributed by atoms with Crippen LogP contribution < -0.4 is 9.47 Å². The number of ether oxygens (including phenoxy) is 2. The van der Waals surface area contributed by atoms with E-state index in [9.17, 15) is 9.59 Å². The molecule has 0 heterocycles. The van der Waals surface area contributed by atoms with Crippen LogP contribution in [0.2, 0.25) is 0 Å². The molecule has 0 N–H and O–H groups in total. The molecule has 1 aromatic carbocycles. The van der Waals surface area contributed by atoms with Gasteiger partial charge in [-0.25, -0.2) is 0 Å². The molecule has 0 saturated carbocycles. The predicted octanol–water partition coefficient (Wildman–Crippen LogP) is 3.69. The maximum Gasteiger partial charge on any atom is 0.308 e. The van der Waals surface area contributed by atoms with Gasteiger partial charge in [-0.3, -0.25) is 9.59 Å². The number of carbonyl (C=O) groups is 2. The third-order valence-corrected chi connectivity index (χ3v) is 3.13. The number of Topliss-reactive ketones (excluding diaryl/α,β-unsaturated/α-hetero) is 1. The van der Waals surface area contributed by atoms with Crippen LogP contribution in [0.3, 0.4) is 0 Å². The lowest BCUT2D eigenvalue weighted by Gasteiger charge is -2.14. The van der Waals surface area contributed by atoms with Gasteiger partial charge in [0.05, 0.1) is 12.7 Å². The Morgan fingerprint density at radius 2 is 1.90 bits per heavy atom. The van der Waals surface area contributed by atoms with E-state index in [-0.39, 0.29) is 5.78 Å². The summed E-state index contributed by atoms with van der Waals surface area (Å²) in [6, 6.07) is 3.40. The van der Waals surface area contributed by atoms with Crippen LogP contribution in [0, 0.1) is 6.92 Å². The average Bonchev–Trinajstić information content (AvgIpc) is 2.40. The van der Waals surface area contributed by atoms with Crippen molar-refractivity contribution in [1.82, 2.24) is 0 Å². The normalized spacial score (nSPS) is 10.2. The van der Waals surface area contributed by atoms with Crippen LogP contribution in [0.1, 0.15) is 55.5 Å². The molecule has 0 saturated heterocycles. The van der Waals surface area contributed by atoms with Crippen molar-refractivity contribution < 1.29 is 19.1 Å². The molecule has 4 nitrogen and oxygen atoms in total. The molecule has 1 aromatic rings. The lowest BCUT2D eigenvalue weighted by atomic mass is 10.0. The first-order valence-corrected chi connectivity index (χ1v) is 6.90. The maximum absolute atomic E-state index is 12.2. The molecule has 1 rings (SSSR count). The Hall–Kier alpha value is -1.84. The van der Waals surface area contributed by atoms with Crippen LogP contribution in [0.15, 0.2) is 12.1 Å². The number of unbranched alkanes of at least 4 members (excludes halogenated alkanes) is 2. The topological polar surface area (TPSA) is 52.6 Å². The van der Waals surface area contributed by atoms with E-state index in [0.29, 0.717) is 29.0 Å². The third-order valence-electron chi connectivity index (χ3n) is 3.13. The molecular weight excluding hydrogens is 256 g/mol. The number of methoxy groups -OCH3 is 1. The summed E-state index contributed by atoms with van der Waals surface area (Å²) in [4.78, 5) is 23.5. The summed E-state index contributed by atoms with van der Waals surface area (Å²) < 4.78 is 10.4. The van der Waals surface area contributed by atoms with E-state index >= 15 is 0 Å². The summed E-state index contributed by atoms with van der Waals surface area (Å²) in [5, 5.41) is 0.